The first-order chi connectivity index (χ1) is 49.6. The summed E-state index contributed by atoms with van der Waals surface area (Å²) in [5.41, 5.74) is 9.78. The first-order valence-electron chi connectivity index (χ1n) is 30.0. The highest BCUT2D eigenvalue weighted by atomic mass is 35.6. The molecule has 0 unspecified atom stereocenters. The molecule has 0 aliphatic rings. The number of aliphatic hydroxyl groups excluding tert-OH is 2. The van der Waals surface area contributed by atoms with Gasteiger partial charge in [-0.3, -0.25) is 34.6 Å². The van der Waals surface area contributed by atoms with E-state index in [1.165, 1.54) is 71.7 Å². The number of hydrogen-bond acceptors (Lipinski definition) is 20. The Balaban J connectivity index is 0.000000295. The SMILES string of the molecule is CC(=O)OCCO.CC(=O)OCCOC(=O)Nc1cccc(Cn2nc(-c3cc(F)cc(F)c3)ccc2=O)c1.CCCOC(=O)Nc1cccc(Cn2nc(-c3cc(F)cc(F)c3)ccc2=O)c1.CO.Nc1cccc(Cn2nc(-c3cc(F)cc(F)c3)ccc2=O)c1.O=C(OC(Cl)(Cl)Cl)OC(Cl)(Cl)Cl. The number of alkyl halides is 6. The summed E-state index contributed by atoms with van der Waals surface area (Å²) in [6, 6.07) is 37.9. The number of anilines is 3. The smallest absolute Gasteiger partial charge is 0.463 e. The average molecular weight is 1590 g/mol. The van der Waals surface area contributed by atoms with E-state index in [0.717, 1.165) is 59.8 Å². The number of benzene rings is 6. The lowest BCUT2D eigenvalue weighted by atomic mass is 10.1. The standard InChI is InChI=1S/C22H19F2N3O5.C21H19F2N3O3.C17H13F2N3O.C4H8O3.C3Cl6O3.CH4O/c1-14(28)31-7-8-32-22(30)25-19-4-2-3-15(9-19)13-27-21(29)6-5-20(26-27)16-10-17(23)12-18(24)11-16;1-2-8-29-21(28)24-18-5-3-4-14(9-18)13-26-20(27)7-6-19(25-26)15-10-16(22)12-17(23)11-15;18-13-7-12(8-14(19)9-13)16-4-5-17(23)22(21-16)10-11-2-1-3-15(20)6-11;1-4(6)7-3-2-5;4-2(5,6)11-1(10)12-3(7,8)9;1-2/h2-6,9-12H,7-8,13H2,1H3,(H,25,30);3-7,9-12H,2,8,13H2,1H3,(H,24,28);1-9H,10,20H2;5H,2-3H2,1H3;;2H,1H3. The lowest BCUT2D eigenvalue weighted by Gasteiger charge is -2.15. The third-order valence-electron chi connectivity index (χ3n) is 12.2. The average Bonchev–Trinajstić information content (AvgIpc) is 0.831. The minimum absolute atomic E-state index is 0.0526. The van der Waals surface area contributed by atoms with Crippen LogP contribution in [-0.2, 0) is 57.6 Å². The highest BCUT2D eigenvalue weighted by molar-refractivity contribution is 6.67. The van der Waals surface area contributed by atoms with E-state index in [1.807, 2.05) is 13.0 Å². The van der Waals surface area contributed by atoms with Gasteiger partial charge in [-0.1, -0.05) is 43.3 Å². The molecule has 0 saturated carbocycles. The van der Waals surface area contributed by atoms with Gasteiger partial charge in [0.05, 0.1) is 49.9 Å². The number of aromatic nitrogens is 6. The summed E-state index contributed by atoms with van der Waals surface area (Å²) in [7, 11) is 1.00. The van der Waals surface area contributed by atoms with Crippen LogP contribution in [0.2, 0.25) is 0 Å². The van der Waals surface area contributed by atoms with Crippen molar-refractivity contribution in [1.82, 2.24) is 29.3 Å². The van der Waals surface area contributed by atoms with Crippen molar-refractivity contribution in [2.45, 2.75) is 54.8 Å². The van der Waals surface area contributed by atoms with Gasteiger partial charge < -0.3 is 44.4 Å². The Morgan fingerprint density at radius 2 is 0.762 bits per heavy atom. The number of nitrogen functional groups attached to an aromatic ring is 1. The maximum absolute atomic E-state index is 13.5. The molecule has 9 aromatic rings. The van der Waals surface area contributed by atoms with Crippen molar-refractivity contribution in [3.63, 3.8) is 0 Å². The molecule has 0 spiro atoms. The van der Waals surface area contributed by atoms with E-state index in [9.17, 15) is 64.7 Å². The van der Waals surface area contributed by atoms with Crippen molar-refractivity contribution in [3.05, 3.63) is 246 Å². The minimum atomic E-state index is -2.24. The molecule has 6 N–H and O–H groups in total. The number of esters is 2. The van der Waals surface area contributed by atoms with E-state index in [0.29, 0.717) is 46.9 Å². The summed E-state index contributed by atoms with van der Waals surface area (Å²) in [6.45, 7) is 5.01. The van der Waals surface area contributed by atoms with Gasteiger partial charge >= 0.3 is 38.2 Å². The van der Waals surface area contributed by atoms with Crippen molar-refractivity contribution in [2.24, 2.45) is 0 Å². The number of carbonyl (C=O) groups excluding carboxylic acids is 5. The summed E-state index contributed by atoms with van der Waals surface area (Å²) in [6.07, 6.45) is -1.99. The predicted molar refractivity (Wildman–Crippen MR) is 379 cm³/mol. The second kappa shape index (κ2) is 43.8. The van der Waals surface area contributed by atoms with E-state index >= 15 is 0 Å². The molecule has 0 aliphatic heterocycles. The van der Waals surface area contributed by atoms with E-state index in [1.54, 1.807) is 66.7 Å². The highest BCUT2D eigenvalue weighted by Gasteiger charge is 2.32. The quantitative estimate of drug-likeness (QED) is 0.0133. The number of nitrogens with one attached hydrogen (secondary N) is 2. The zero-order valence-corrected chi connectivity index (χ0v) is 59.9. The number of aliphatic hydroxyl groups is 2. The lowest BCUT2D eigenvalue weighted by molar-refractivity contribution is -0.142. The first kappa shape index (κ1) is 87.2. The van der Waals surface area contributed by atoms with E-state index in [4.69, 9.17) is 95.0 Å². The van der Waals surface area contributed by atoms with Gasteiger partial charge in [0, 0.05) is 91.1 Å². The molecule has 25 nitrogen and oxygen atoms in total. The Labute approximate surface area is 623 Å². The van der Waals surface area contributed by atoms with Crippen LogP contribution in [0.3, 0.4) is 0 Å². The Hall–Kier alpha value is -10.3. The molecular formula is C68H63Cl6F6N9O16. The Kier molecular flexibility index (Phi) is 36.3. The Bertz CT molecular complexity index is 4510. The normalized spacial score (nSPS) is 10.5. The number of rotatable bonds is 18. The van der Waals surface area contributed by atoms with Crippen molar-refractivity contribution in [1.29, 1.82) is 0 Å². The molecule has 0 fully saturated rings. The third kappa shape index (κ3) is 34.3. The zero-order valence-electron chi connectivity index (χ0n) is 55.4. The topological polar surface area (TPSA) is 336 Å². The van der Waals surface area contributed by atoms with Crippen LogP contribution in [0, 0.1) is 34.9 Å². The van der Waals surface area contributed by atoms with Crippen LogP contribution in [0.25, 0.3) is 33.8 Å². The van der Waals surface area contributed by atoms with Gasteiger partial charge in [0.25, 0.3) is 16.7 Å². The largest absolute Gasteiger partial charge is 0.515 e. The molecule has 37 heteroatoms. The number of nitrogens with two attached hydrogens (primary N) is 1. The highest BCUT2D eigenvalue weighted by Crippen LogP contribution is 2.32. The molecule has 105 heavy (non-hydrogen) atoms. The number of carbonyl (C=O) groups is 5. The van der Waals surface area contributed by atoms with E-state index in [2.05, 4.69) is 44.9 Å². The molecular weight excluding hydrogens is 1530 g/mol. The second-order valence-corrected chi connectivity index (χ2v) is 24.9. The second-order valence-electron chi connectivity index (χ2n) is 20.5. The number of halogens is 12. The summed E-state index contributed by atoms with van der Waals surface area (Å²) < 4.78 is 107. The fourth-order valence-corrected chi connectivity index (χ4v) is 8.56. The molecule has 0 atom stereocenters. The molecule has 0 bridgehead atoms. The molecule has 6 aromatic carbocycles. The number of amides is 2. The van der Waals surface area contributed by atoms with Gasteiger partial charge in [0.1, 0.15) is 54.7 Å². The summed E-state index contributed by atoms with van der Waals surface area (Å²) in [5.74, 6) is -5.19. The van der Waals surface area contributed by atoms with Crippen LogP contribution in [0.5, 0.6) is 0 Å². The minimum Gasteiger partial charge on any atom is -0.463 e. The van der Waals surface area contributed by atoms with Gasteiger partial charge in [-0.05, 0) is 184 Å². The van der Waals surface area contributed by atoms with Crippen molar-refractivity contribution >= 4 is 117 Å². The van der Waals surface area contributed by atoms with Crippen molar-refractivity contribution in [2.75, 3.05) is 56.5 Å². The number of nitrogens with zero attached hydrogens (tertiary/aromatic N) is 6. The first-order valence-corrected chi connectivity index (χ1v) is 32.3. The summed E-state index contributed by atoms with van der Waals surface area (Å²) >= 11 is 30.2. The molecule has 0 saturated heterocycles. The van der Waals surface area contributed by atoms with Crippen LogP contribution in [0.1, 0.15) is 43.9 Å². The lowest BCUT2D eigenvalue weighted by Crippen LogP contribution is -2.23. The zero-order chi connectivity index (χ0) is 78.0. The van der Waals surface area contributed by atoms with Crippen LogP contribution in [-0.4, -0.2) is 118 Å². The fourth-order valence-electron chi connectivity index (χ4n) is 8.18. The Morgan fingerprint density at radius 1 is 0.448 bits per heavy atom. The maximum atomic E-state index is 13.5. The molecule has 9 rings (SSSR count). The van der Waals surface area contributed by atoms with Crippen LogP contribution in [0.15, 0.2) is 178 Å². The predicted octanol–water partition coefficient (Wildman–Crippen LogP) is 13.3. The van der Waals surface area contributed by atoms with Crippen molar-refractivity contribution < 1.29 is 88.9 Å². The maximum Gasteiger partial charge on any atom is 0.515 e. The molecule has 3 aromatic heterocycles. The van der Waals surface area contributed by atoms with Gasteiger partial charge in [0.2, 0.25) is 0 Å². The number of hydrogen-bond donors (Lipinski definition) is 5. The monoisotopic (exact) mass is 1590 g/mol. The van der Waals surface area contributed by atoms with Gasteiger partial charge in [0.15, 0.2) is 0 Å². The van der Waals surface area contributed by atoms with Gasteiger partial charge in [-0.25, -0.2) is 54.8 Å². The summed E-state index contributed by atoms with van der Waals surface area (Å²) in [5, 5.41) is 32.8. The van der Waals surface area contributed by atoms with Crippen LogP contribution in [0.4, 0.5) is 57.8 Å². The molecule has 3 heterocycles. The molecule has 0 radical (unpaired) electrons. The van der Waals surface area contributed by atoms with Crippen LogP contribution < -0.4 is 33.0 Å². The van der Waals surface area contributed by atoms with Crippen LogP contribution >= 0.6 is 69.6 Å². The van der Waals surface area contributed by atoms with Gasteiger partial charge in [-0.2, -0.15) is 15.3 Å². The van der Waals surface area contributed by atoms with Gasteiger partial charge in [-0.15, -0.1) is 0 Å². The Morgan fingerprint density at radius 3 is 1.07 bits per heavy atom. The van der Waals surface area contributed by atoms with Crippen molar-refractivity contribution in [3.8, 4) is 33.8 Å². The van der Waals surface area contributed by atoms with E-state index < -0.39 is 72.7 Å². The summed E-state index contributed by atoms with van der Waals surface area (Å²) in [4.78, 5) is 91.0. The fraction of sp³-hybridized carbons (Fsp3) is 0.221. The number of ether oxygens (including phenoxy) is 6. The molecule has 560 valence electrons. The van der Waals surface area contributed by atoms with E-state index in [-0.39, 0.29) is 91.2 Å². The third-order valence-corrected chi connectivity index (χ3v) is 12.7. The molecule has 2 amide bonds. The molecule has 0 aliphatic carbocycles.